The van der Waals surface area contributed by atoms with Gasteiger partial charge in [-0.05, 0) is 24.1 Å². The van der Waals surface area contributed by atoms with Crippen LogP contribution in [0.4, 0.5) is 0 Å². The van der Waals surface area contributed by atoms with Crippen LogP contribution in [0.1, 0.15) is 18.9 Å². The summed E-state index contributed by atoms with van der Waals surface area (Å²) in [7, 11) is 1.62. The van der Waals surface area contributed by atoms with Gasteiger partial charge >= 0.3 is 5.97 Å². The predicted molar refractivity (Wildman–Crippen MR) is 79.2 cm³/mol. The summed E-state index contributed by atoms with van der Waals surface area (Å²) >= 11 is 0. The minimum Gasteiger partial charge on any atom is -0.497 e. The van der Waals surface area contributed by atoms with Crippen LogP contribution in [0.15, 0.2) is 36.4 Å². The van der Waals surface area contributed by atoms with Gasteiger partial charge in [-0.2, -0.15) is 0 Å². The molecule has 0 amide bonds. The maximum Gasteiger partial charge on any atom is 0.327 e. The molecule has 2 N–H and O–H groups in total. The van der Waals surface area contributed by atoms with Gasteiger partial charge in [-0.1, -0.05) is 25.1 Å². The number of carboxylic acids is 1. The standard InChI is InChI=1S/C16H22O5/c1-12(3-8-16(18)19)15(17)9-10-21-11-13-4-6-14(20-2)7-5-13/h3-8,12,15,17H,9-11H2,1-2H3,(H,18,19)/b8-3+/t12-,15+/m0/s1. The molecule has 0 aliphatic carbocycles. The van der Waals surface area contributed by atoms with Gasteiger partial charge in [0.1, 0.15) is 5.75 Å². The number of benzene rings is 1. The summed E-state index contributed by atoms with van der Waals surface area (Å²) in [6, 6.07) is 7.58. The van der Waals surface area contributed by atoms with Gasteiger partial charge in [0, 0.05) is 18.6 Å². The van der Waals surface area contributed by atoms with E-state index in [1.54, 1.807) is 14.0 Å². The number of hydrogen-bond acceptors (Lipinski definition) is 4. The number of aliphatic hydroxyl groups is 1. The van der Waals surface area contributed by atoms with E-state index in [2.05, 4.69) is 0 Å². The van der Waals surface area contributed by atoms with Gasteiger partial charge in [-0.3, -0.25) is 0 Å². The van der Waals surface area contributed by atoms with E-state index < -0.39 is 12.1 Å². The monoisotopic (exact) mass is 294 g/mol. The van der Waals surface area contributed by atoms with E-state index in [4.69, 9.17) is 14.6 Å². The number of aliphatic hydroxyl groups excluding tert-OH is 1. The Morgan fingerprint density at radius 1 is 1.33 bits per heavy atom. The summed E-state index contributed by atoms with van der Waals surface area (Å²) in [6.07, 6.45) is 2.38. The molecular weight excluding hydrogens is 272 g/mol. The molecule has 0 aliphatic heterocycles. The Labute approximate surface area is 124 Å². The van der Waals surface area contributed by atoms with E-state index in [1.165, 1.54) is 6.08 Å². The highest BCUT2D eigenvalue weighted by Gasteiger charge is 2.11. The minimum absolute atomic E-state index is 0.217. The van der Waals surface area contributed by atoms with Crippen molar-refractivity contribution in [2.45, 2.75) is 26.1 Å². The van der Waals surface area contributed by atoms with E-state index in [9.17, 15) is 9.90 Å². The molecule has 21 heavy (non-hydrogen) atoms. The highest BCUT2D eigenvalue weighted by molar-refractivity contribution is 5.79. The molecule has 1 rings (SSSR count). The lowest BCUT2D eigenvalue weighted by Gasteiger charge is -2.15. The van der Waals surface area contributed by atoms with Gasteiger partial charge < -0.3 is 19.7 Å². The van der Waals surface area contributed by atoms with Crippen molar-refractivity contribution in [3.63, 3.8) is 0 Å². The second kappa shape index (κ2) is 9.15. The van der Waals surface area contributed by atoms with E-state index in [1.807, 2.05) is 24.3 Å². The van der Waals surface area contributed by atoms with Gasteiger partial charge in [0.05, 0.1) is 19.8 Å². The van der Waals surface area contributed by atoms with Crippen LogP contribution < -0.4 is 4.74 Å². The first-order valence-electron chi connectivity index (χ1n) is 6.82. The van der Waals surface area contributed by atoms with Gasteiger partial charge in [-0.15, -0.1) is 0 Å². The number of rotatable bonds is 9. The van der Waals surface area contributed by atoms with Gasteiger partial charge in [0.2, 0.25) is 0 Å². The van der Waals surface area contributed by atoms with E-state index in [0.29, 0.717) is 19.6 Å². The number of ether oxygens (including phenoxy) is 2. The van der Waals surface area contributed by atoms with Gasteiger partial charge in [-0.25, -0.2) is 4.79 Å². The first-order valence-corrected chi connectivity index (χ1v) is 6.82. The van der Waals surface area contributed by atoms with E-state index >= 15 is 0 Å². The lowest BCUT2D eigenvalue weighted by atomic mass is 10.0. The third-order valence-electron chi connectivity index (χ3n) is 3.14. The van der Waals surface area contributed by atoms with Crippen LogP contribution >= 0.6 is 0 Å². The van der Waals surface area contributed by atoms with Crippen LogP contribution in [0.3, 0.4) is 0 Å². The van der Waals surface area contributed by atoms with Crippen molar-refractivity contribution in [3.8, 4) is 5.75 Å². The Morgan fingerprint density at radius 3 is 2.57 bits per heavy atom. The lowest BCUT2D eigenvalue weighted by molar-refractivity contribution is -0.131. The number of aliphatic carboxylic acids is 1. The summed E-state index contributed by atoms with van der Waals surface area (Å²) in [4.78, 5) is 10.4. The van der Waals surface area contributed by atoms with E-state index in [0.717, 1.165) is 17.4 Å². The van der Waals surface area contributed by atoms with Crippen molar-refractivity contribution in [1.29, 1.82) is 0 Å². The molecule has 2 atom stereocenters. The van der Waals surface area contributed by atoms with Crippen LogP contribution in [0.25, 0.3) is 0 Å². The van der Waals surface area contributed by atoms with Crippen LogP contribution in [-0.2, 0) is 16.1 Å². The quantitative estimate of drug-likeness (QED) is 0.539. The summed E-state index contributed by atoms with van der Waals surface area (Å²) in [5.41, 5.74) is 1.03. The number of methoxy groups -OCH3 is 1. The largest absolute Gasteiger partial charge is 0.497 e. The Hall–Kier alpha value is -1.85. The highest BCUT2D eigenvalue weighted by atomic mass is 16.5. The van der Waals surface area contributed by atoms with Crippen molar-refractivity contribution >= 4 is 5.97 Å². The first-order chi connectivity index (χ1) is 10.0. The molecule has 0 spiro atoms. The van der Waals surface area contributed by atoms with Gasteiger partial charge in [0.15, 0.2) is 0 Å². The van der Waals surface area contributed by atoms with Crippen LogP contribution in [0.2, 0.25) is 0 Å². The molecule has 0 saturated heterocycles. The van der Waals surface area contributed by atoms with Crippen molar-refractivity contribution < 1.29 is 24.5 Å². The fraction of sp³-hybridized carbons (Fsp3) is 0.438. The smallest absolute Gasteiger partial charge is 0.327 e. The summed E-state index contributed by atoms with van der Waals surface area (Å²) in [5, 5.41) is 18.4. The first kappa shape index (κ1) is 17.2. The zero-order valence-electron chi connectivity index (χ0n) is 12.4. The Morgan fingerprint density at radius 2 is 2.00 bits per heavy atom. The van der Waals surface area contributed by atoms with Crippen molar-refractivity contribution in [2.75, 3.05) is 13.7 Å². The van der Waals surface area contributed by atoms with Crippen molar-refractivity contribution in [2.24, 2.45) is 5.92 Å². The van der Waals surface area contributed by atoms with Crippen molar-refractivity contribution in [1.82, 2.24) is 0 Å². The SMILES string of the molecule is COc1ccc(COCC[C@@H](O)[C@@H](C)/C=C/C(=O)O)cc1. The molecule has 0 aliphatic rings. The second-order valence-electron chi connectivity index (χ2n) is 4.81. The zero-order chi connectivity index (χ0) is 15.7. The third-order valence-corrected chi connectivity index (χ3v) is 3.14. The van der Waals surface area contributed by atoms with E-state index in [-0.39, 0.29) is 5.92 Å². The maximum absolute atomic E-state index is 10.4. The fourth-order valence-electron chi connectivity index (χ4n) is 1.74. The Bertz CT molecular complexity index is 452. The molecule has 0 saturated carbocycles. The molecule has 1 aromatic carbocycles. The highest BCUT2D eigenvalue weighted by Crippen LogP contribution is 2.13. The number of carboxylic acid groups (broad SMARTS) is 1. The molecule has 0 aromatic heterocycles. The zero-order valence-corrected chi connectivity index (χ0v) is 12.4. The molecule has 0 radical (unpaired) electrons. The second-order valence-corrected chi connectivity index (χ2v) is 4.81. The van der Waals surface area contributed by atoms with Crippen molar-refractivity contribution in [3.05, 3.63) is 42.0 Å². The molecule has 1 aromatic rings. The predicted octanol–water partition coefficient (Wildman–Crippen LogP) is 2.24. The molecule has 0 unspecified atom stereocenters. The Kier molecular flexibility index (Phi) is 7.50. The summed E-state index contributed by atoms with van der Waals surface area (Å²) in [6.45, 7) is 2.65. The molecule has 5 nitrogen and oxygen atoms in total. The number of hydrogen-bond donors (Lipinski definition) is 2. The molecule has 116 valence electrons. The molecule has 0 heterocycles. The van der Waals surface area contributed by atoms with Crippen LogP contribution in [-0.4, -0.2) is 36.0 Å². The van der Waals surface area contributed by atoms with Gasteiger partial charge in [0.25, 0.3) is 0 Å². The maximum atomic E-state index is 10.4. The fourth-order valence-corrected chi connectivity index (χ4v) is 1.74. The lowest BCUT2D eigenvalue weighted by Crippen LogP contribution is -2.18. The molecule has 0 fully saturated rings. The molecule has 0 bridgehead atoms. The summed E-state index contributed by atoms with van der Waals surface area (Å²) in [5.74, 6) is -0.427. The summed E-state index contributed by atoms with van der Waals surface area (Å²) < 4.78 is 10.6. The normalized spacial score (nSPS) is 14.0. The average molecular weight is 294 g/mol. The molecular formula is C16H22O5. The average Bonchev–Trinajstić information content (AvgIpc) is 2.49. The topological polar surface area (TPSA) is 76.0 Å². The Balaban J connectivity index is 2.24. The minimum atomic E-state index is -1.01. The van der Waals surface area contributed by atoms with Crippen LogP contribution in [0, 0.1) is 5.92 Å². The number of carbonyl (C=O) groups is 1. The van der Waals surface area contributed by atoms with Crippen LogP contribution in [0.5, 0.6) is 5.75 Å². The molecule has 5 heteroatoms. The third kappa shape index (κ3) is 6.92.